The number of hydrogen-bond acceptors (Lipinski definition) is 4. The summed E-state index contributed by atoms with van der Waals surface area (Å²) in [4.78, 5) is 1.25. The number of hydrogen-bond donors (Lipinski definition) is 0. The molecule has 0 amide bonds. The fraction of sp³-hybridized carbons (Fsp3) is 0.0833. The van der Waals surface area contributed by atoms with Crippen molar-refractivity contribution in [2.24, 2.45) is 0 Å². The molecule has 0 aromatic carbocycles. The molecule has 0 unspecified atom stereocenters. The average Bonchev–Trinajstić information content (AvgIpc) is 2.91. The van der Waals surface area contributed by atoms with E-state index >= 15 is 0 Å². The standard InChI is InChI=1S/C12H3F7N4S/c13-6-8(7(14)10(16)20-9(6)15)24-11-22-21-5-2-1-4(3-23(5)11)12(17,18)19/h1-3H. The maximum Gasteiger partial charge on any atom is 0.417 e. The summed E-state index contributed by atoms with van der Waals surface area (Å²) < 4.78 is 92.3. The number of pyridine rings is 2. The Labute approximate surface area is 132 Å². The smallest absolute Gasteiger partial charge is 0.277 e. The van der Waals surface area contributed by atoms with Crippen molar-refractivity contribution in [3.8, 4) is 0 Å². The zero-order valence-corrected chi connectivity index (χ0v) is 11.9. The zero-order valence-electron chi connectivity index (χ0n) is 11.1. The van der Waals surface area contributed by atoms with Crippen LogP contribution in [-0.2, 0) is 6.18 Å². The maximum absolute atomic E-state index is 13.6. The Morgan fingerprint density at radius 1 is 0.917 bits per heavy atom. The van der Waals surface area contributed by atoms with Gasteiger partial charge in [0.1, 0.15) is 0 Å². The number of alkyl halides is 3. The highest BCUT2D eigenvalue weighted by atomic mass is 32.2. The molecule has 0 aliphatic heterocycles. The Balaban J connectivity index is 2.12. The second-order valence-corrected chi connectivity index (χ2v) is 5.36. The first-order valence-corrected chi connectivity index (χ1v) is 6.80. The number of fused-ring (bicyclic) bond motifs is 1. The molecular formula is C12H3F7N4S. The van der Waals surface area contributed by atoms with Crippen LogP contribution in [0.4, 0.5) is 30.7 Å². The molecule has 0 bridgehead atoms. The molecule has 0 N–H and O–H groups in total. The molecule has 0 fully saturated rings. The minimum absolute atomic E-state index is 0.0543. The Hall–Kier alpha value is -2.37. The van der Waals surface area contributed by atoms with E-state index < -0.39 is 45.3 Å². The van der Waals surface area contributed by atoms with Crippen molar-refractivity contribution in [3.63, 3.8) is 0 Å². The van der Waals surface area contributed by atoms with Crippen molar-refractivity contribution in [2.75, 3.05) is 0 Å². The second-order valence-electron chi connectivity index (χ2n) is 4.38. The van der Waals surface area contributed by atoms with Crippen LogP contribution in [0.2, 0.25) is 0 Å². The molecule has 24 heavy (non-hydrogen) atoms. The summed E-state index contributed by atoms with van der Waals surface area (Å²) in [6.45, 7) is 0. The fourth-order valence-corrected chi connectivity index (χ4v) is 2.61. The molecule has 0 radical (unpaired) electrons. The van der Waals surface area contributed by atoms with Gasteiger partial charge in [0.2, 0.25) is 5.16 Å². The molecule has 3 aromatic rings. The summed E-state index contributed by atoms with van der Waals surface area (Å²) in [7, 11) is 0. The summed E-state index contributed by atoms with van der Waals surface area (Å²) in [6.07, 6.45) is -4.08. The largest absolute Gasteiger partial charge is 0.417 e. The van der Waals surface area contributed by atoms with Gasteiger partial charge in [-0.3, -0.25) is 4.40 Å². The van der Waals surface area contributed by atoms with Gasteiger partial charge in [0.25, 0.3) is 11.9 Å². The lowest BCUT2D eigenvalue weighted by atomic mass is 10.3. The predicted octanol–water partition coefficient (Wildman–Crippen LogP) is 3.85. The first-order valence-electron chi connectivity index (χ1n) is 5.98. The molecule has 3 aromatic heterocycles. The number of nitrogens with zero attached hydrogens (tertiary/aromatic N) is 4. The summed E-state index contributed by atoms with van der Waals surface area (Å²) in [5.74, 6) is -7.35. The van der Waals surface area contributed by atoms with E-state index in [-0.39, 0.29) is 17.4 Å². The first-order chi connectivity index (χ1) is 11.2. The molecule has 126 valence electrons. The predicted molar refractivity (Wildman–Crippen MR) is 66.2 cm³/mol. The SMILES string of the molecule is Fc1nc(F)c(F)c(Sc2nnc3ccc(C(F)(F)F)cn23)c1F. The van der Waals surface area contributed by atoms with Gasteiger partial charge in [-0.05, 0) is 23.9 Å². The minimum Gasteiger partial charge on any atom is -0.277 e. The van der Waals surface area contributed by atoms with Crippen LogP contribution in [-0.4, -0.2) is 19.6 Å². The van der Waals surface area contributed by atoms with Gasteiger partial charge < -0.3 is 0 Å². The van der Waals surface area contributed by atoms with Crippen LogP contribution in [0.5, 0.6) is 0 Å². The molecule has 12 heteroatoms. The molecule has 0 atom stereocenters. The van der Waals surface area contributed by atoms with Gasteiger partial charge in [-0.25, -0.2) is 8.78 Å². The zero-order chi connectivity index (χ0) is 17.6. The summed E-state index contributed by atoms with van der Waals surface area (Å²) >= 11 is 0.0767. The highest BCUT2D eigenvalue weighted by Crippen LogP contribution is 2.34. The summed E-state index contributed by atoms with van der Waals surface area (Å²) in [5, 5.41) is 6.57. The molecule has 3 rings (SSSR count). The Morgan fingerprint density at radius 2 is 1.54 bits per heavy atom. The van der Waals surface area contributed by atoms with Crippen LogP contribution < -0.4 is 0 Å². The minimum atomic E-state index is -4.67. The van der Waals surface area contributed by atoms with Crippen LogP contribution in [0.3, 0.4) is 0 Å². The van der Waals surface area contributed by atoms with Crippen molar-refractivity contribution in [1.29, 1.82) is 0 Å². The third-order valence-electron chi connectivity index (χ3n) is 2.85. The Kier molecular flexibility index (Phi) is 3.86. The van der Waals surface area contributed by atoms with Crippen molar-refractivity contribution in [3.05, 3.63) is 47.4 Å². The van der Waals surface area contributed by atoms with Gasteiger partial charge in [-0.15, -0.1) is 10.2 Å². The van der Waals surface area contributed by atoms with Crippen LogP contribution in [0.15, 0.2) is 28.4 Å². The highest BCUT2D eigenvalue weighted by molar-refractivity contribution is 7.99. The van der Waals surface area contributed by atoms with Crippen molar-refractivity contribution >= 4 is 17.4 Å². The van der Waals surface area contributed by atoms with Gasteiger partial charge >= 0.3 is 6.18 Å². The van der Waals surface area contributed by atoms with E-state index in [1.807, 2.05) is 0 Å². The third kappa shape index (κ3) is 2.77. The molecule has 0 saturated heterocycles. The van der Waals surface area contributed by atoms with E-state index in [4.69, 9.17) is 0 Å². The molecule has 3 heterocycles. The average molecular weight is 368 g/mol. The second kappa shape index (κ2) is 5.61. The lowest BCUT2D eigenvalue weighted by Crippen LogP contribution is -2.06. The van der Waals surface area contributed by atoms with E-state index in [0.29, 0.717) is 6.20 Å². The Bertz CT molecular complexity index is 911. The maximum atomic E-state index is 13.6. The van der Waals surface area contributed by atoms with Crippen molar-refractivity contribution < 1.29 is 30.7 Å². The highest BCUT2D eigenvalue weighted by Gasteiger charge is 2.31. The number of aromatic nitrogens is 4. The topological polar surface area (TPSA) is 43.1 Å². The van der Waals surface area contributed by atoms with Gasteiger partial charge in [-0.2, -0.15) is 26.9 Å². The first kappa shape index (κ1) is 16.5. The van der Waals surface area contributed by atoms with Gasteiger partial charge in [0.05, 0.1) is 10.5 Å². The number of rotatable bonds is 2. The van der Waals surface area contributed by atoms with Crippen molar-refractivity contribution in [2.45, 2.75) is 16.2 Å². The summed E-state index contributed by atoms with van der Waals surface area (Å²) in [5.41, 5.74) is -1.12. The molecule has 0 aliphatic rings. The third-order valence-corrected chi connectivity index (χ3v) is 3.87. The van der Waals surface area contributed by atoms with E-state index in [2.05, 4.69) is 15.2 Å². The molecule has 0 saturated carbocycles. The van der Waals surface area contributed by atoms with Crippen LogP contribution in [0, 0.1) is 23.5 Å². The number of halogens is 7. The van der Waals surface area contributed by atoms with Gasteiger partial charge in [0.15, 0.2) is 17.3 Å². The van der Waals surface area contributed by atoms with Crippen molar-refractivity contribution in [1.82, 2.24) is 19.6 Å². The van der Waals surface area contributed by atoms with Gasteiger partial charge in [0, 0.05) is 6.20 Å². The lowest BCUT2D eigenvalue weighted by molar-refractivity contribution is -0.137. The molecule has 0 spiro atoms. The van der Waals surface area contributed by atoms with E-state index in [9.17, 15) is 30.7 Å². The Morgan fingerprint density at radius 3 is 2.12 bits per heavy atom. The van der Waals surface area contributed by atoms with Crippen LogP contribution >= 0.6 is 11.8 Å². The van der Waals surface area contributed by atoms with Gasteiger partial charge in [-0.1, -0.05) is 0 Å². The van der Waals surface area contributed by atoms with E-state index in [1.165, 1.54) is 0 Å². The normalized spacial score (nSPS) is 12.1. The summed E-state index contributed by atoms with van der Waals surface area (Å²) in [6, 6.07) is 1.73. The van der Waals surface area contributed by atoms with Crippen LogP contribution in [0.25, 0.3) is 5.65 Å². The molecule has 4 nitrogen and oxygen atoms in total. The molecular weight excluding hydrogens is 365 g/mol. The lowest BCUT2D eigenvalue weighted by Gasteiger charge is -2.08. The fourth-order valence-electron chi connectivity index (χ4n) is 1.76. The monoisotopic (exact) mass is 368 g/mol. The molecule has 0 aliphatic carbocycles. The van der Waals surface area contributed by atoms with E-state index in [0.717, 1.165) is 16.5 Å². The van der Waals surface area contributed by atoms with Crippen LogP contribution in [0.1, 0.15) is 5.56 Å². The van der Waals surface area contributed by atoms with E-state index in [1.54, 1.807) is 0 Å². The quantitative estimate of drug-likeness (QED) is 0.509.